The summed E-state index contributed by atoms with van der Waals surface area (Å²) in [6.07, 6.45) is 0.251. The van der Waals surface area contributed by atoms with Crippen molar-refractivity contribution in [2.45, 2.75) is 6.30 Å². The number of hydrogen-bond donors (Lipinski definition) is 1. The second-order valence-corrected chi connectivity index (χ2v) is 5.27. The largest absolute Gasteiger partial charge is 0.497 e. The lowest BCUT2D eigenvalue weighted by molar-refractivity contribution is -0.742. The molecule has 0 radical (unpaired) electrons. The van der Waals surface area contributed by atoms with Gasteiger partial charge in [-0.15, -0.1) is 10.1 Å². The number of ether oxygens (including phenoxy) is 1. The van der Waals surface area contributed by atoms with Crippen LogP contribution in [0.3, 0.4) is 0 Å². The molecule has 28 heavy (non-hydrogen) atoms. The van der Waals surface area contributed by atoms with Crippen LogP contribution in [0.15, 0.2) is 73.1 Å². The van der Waals surface area contributed by atoms with Crippen molar-refractivity contribution >= 4 is 5.57 Å². The number of benzene rings is 2. The fraction of sp³-hybridized carbons (Fsp3) is 0.111. The zero-order valence-electron chi connectivity index (χ0n) is 14.6. The topological polar surface area (TPSA) is 103 Å². The lowest BCUT2D eigenvalue weighted by Gasteiger charge is -2.14. The molecule has 3 aromatic rings. The molecule has 1 atom stereocenters. The summed E-state index contributed by atoms with van der Waals surface area (Å²) in [4.78, 5) is 12.0. The smallest absolute Gasteiger partial charge is 0.291 e. The molecule has 0 bridgehead atoms. The molecule has 146 valence electrons. The van der Waals surface area contributed by atoms with Crippen LogP contribution in [-0.4, -0.2) is 32.2 Å². The van der Waals surface area contributed by atoms with Gasteiger partial charge in [-0.3, -0.25) is 0 Å². The van der Waals surface area contributed by atoms with Crippen molar-refractivity contribution in [3.63, 3.8) is 0 Å². The van der Waals surface area contributed by atoms with E-state index in [4.69, 9.17) is 20.1 Å². The first kappa shape index (κ1) is 20.5. The molecule has 1 N–H and O–H groups in total. The molecular formula is C18H16F2N4O4. The van der Waals surface area contributed by atoms with Gasteiger partial charge in [0.2, 0.25) is 6.30 Å². The maximum atomic E-state index is 15.0. The zero-order chi connectivity index (χ0) is 20.5. The Labute approximate surface area is 158 Å². The molecule has 0 saturated heterocycles. The van der Waals surface area contributed by atoms with Gasteiger partial charge in [-0.05, 0) is 23.3 Å². The summed E-state index contributed by atoms with van der Waals surface area (Å²) < 4.78 is 35.4. The van der Waals surface area contributed by atoms with Crippen LogP contribution in [0.5, 0.6) is 5.75 Å². The molecule has 0 saturated carbocycles. The molecule has 0 aliphatic heterocycles. The average molecular weight is 390 g/mol. The summed E-state index contributed by atoms with van der Waals surface area (Å²) in [5.41, 5.74) is 1.28. The van der Waals surface area contributed by atoms with Gasteiger partial charge in [0, 0.05) is 5.57 Å². The normalized spacial score (nSPS) is 12.2. The minimum absolute atomic E-state index is 0.168. The summed E-state index contributed by atoms with van der Waals surface area (Å²) >= 11 is 0. The van der Waals surface area contributed by atoms with E-state index >= 15 is 0 Å². The molecule has 10 heteroatoms. The quantitative estimate of drug-likeness (QED) is 0.524. The van der Waals surface area contributed by atoms with E-state index in [1.165, 1.54) is 0 Å². The number of alkyl halides is 1. The molecule has 1 aromatic heterocycles. The Balaban J connectivity index is 0.000000640. The van der Waals surface area contributed by atoms with Crippen LogP contribution in [0.25, 0.3) is 5.57 Å². The Morgan fingerprint density at radius 1 is 1.18 bits per heavy atom. The molecule has 1 heterocycles. The van der Waals surface area contributed by atoms with Crippen molar-refractivity contribution < 1.29 is 23.8 Å². The Bertz CT molecular complexity index is 913. The molecule has 8 nitrogen and oxygen atoms in total. The van der Waals surface area contributed by atoms with Gasteiger partial charge >= 0.3 is 0 Å². The first-order valence-electron chi connectivity index (χ1n) is 7.85. The van der Waals surface area contributed by atoms with Crippen LogP contribution in [0, 0.1) is 10.1 Å². The van der Waals surface area contributed by atoms with Gasteiger partial charge in [0.05, 0.1) is 7.11 Å². The third-order valence-corrected chi connectivity index (χ3v) is 3.56. The summed E-state index contributed by atoms with van der Waals surface area (Å²) in [6.45, 7) is 0. The second-order valence-electron chi connectivity index (χ2n) is 5.27. The molecule has 0 amide bonds. The van der Waals surface area contributed by atoms with E-state index in [1.807, 2.05) is 6.07 Å². The minimum Gasteiger partial charge on any atom is -0.497 e. The van der Waals surface area contributed by atoms with Gasteiger partial charge in [0.15, 0.2) is 5.83 Å². The van der Waals surface area contributed by atoms with Crippen LogP contribution < -0.4 is 4.74 Å². The second kappa shape index (κ2) is 9.76. The van der Waals surface area contributed by atoms with E-state index in [0.717, 1.165) is 17.3 Å². The Kier molecular flexibility index (Phi) is 7.14. The van der Waals surface area contributed by atoms with E-state index in [-0.39, 0.29) is 5.57 Å². The van der Waals surface area contributed by atoms with E-state index in [2.05, 4.69) is 10.1 Å². The van der Waals surface area contributed by atoms with Crippen molar-refractivity contribution in [1.82, 2.24) is 14.8 Å². The highest BCUT2D eigenvalue weighted by Gasteiger charge is 2.22. The standard InChI is InChI=1S/C18H15F2N3O.HNO3/c1-24-15-9-7-14(8-10-15)16(13-5-3-2-4-6-13)17(19)18(20)23-12-21-11-22-23;2-1(3)4/h2-12,18H,1H3;(H,2,3,4). The van der Waals surface area contributed by atoms with Crippen molar-refractivity contribution in [2.24, 2.45) is 0 Å². The molecule has 3 rings (SSSR count). The van der Waals surface area contributed by atoms with Gasteiger partial charge in [-0.25, -0.2) is 18.4 Å². The first-order valence-corrected chi connectivity index (χ1v) is 7.85. The first-order chi connectivity index (χ1) is 13.4. The van der Waals surface area contributed by atoms with E-state index in [0.29, 0.717) is 16.9 Å². The molecule has 0 fully saturated rings. The SMILES string of the molecule is COc1ccc(C(=C(F)C(F)n2cncn2)c2ccccc2)cc1.O=[N+]([O-])O. The van der Waals surface area contributed by atoms with E-state index in [9.17, 15) is 8.78 Å². The van der Waals surface area contributed by atoms with Gasteiger partial charge in [-0.2, -0.15) is 5.10 Å². The number of halogens is 2. The van der Waals surface area contributed by atoms with E-state index in [1.54, 1.807) is 55.6 Å². The lowest BCUT2D eigenvalue weighted by Crippen LogP contribution is -2.07. The lowest BCUT2D eigenvalue weighted by atomic mass is 9.96. The number of allylic oxidation sites excluding steroid dienone is 1. The average Bonchev–Trinajstić information content (AvgIpc) is 3.23. The number of methoxy groups -OCH3 is 1. The fourth-order valence-corrected chi connectivity index (χ4v) is 2.37. The minimum atomic E-state index is -2.05. The van der Waals surface area contributed by atoms with Crippen molar-refractivity contribution in [2.75, 3.05) is 7.11 Å². The monoisotopic (exact) mass is 390 g/mol. The van der Waals surface area contributed by atoms with Crippen LogP contribution in [0.4, 0.5) is 8.78 Å². The Morgan fingerprint density at radius 2 is 1.75 bits per heavy atom. The van der Waals surface area contributed by atoms with Gasteiger partial charge < -0.3 is 9.94 Å². The summed E-state index contributed by atoms with van der Waals surface area (Å²) in [6, 6.07) is 15.6. The van der Waals surface area contributed by atoms with Gasteiger partial charge in [0.1, 0.15) is 18.4 Å². The van der Waals surface area contributed by atoms with Crippen molar-refractivity contribution in [3.8, 4) is 5.75 Å². The highest BCUT2D eigenvalue weighted by molar-refractivity contribution is 5.81. The summed E-state index contributed by atoms with van der Waals surface area (Å²) in [5, 5.41) is 17.3. The summed E-state index contributed by atoms with van der Waals surface area (Å²) in [7, 11) is 1.55. The van der Waals surface area contributed by atoms with Crippen LogP contribution in [-0.2, 0) is 0 Å². The van der Waals surface area contributed by atoms with Crippen LogP contribution in [0.2, 0.25) is 0 Å². The van der Waals surface area contributed by atoms with Crippen molar-refractivity contribution in [3.05, 3.63) is 94.3 Å². The Hall–Kier alpha value is -3.82. The molecule has 0 spiro atoms. The van der Waals surface area contributed by atoms with E-state index < -0.39 is 17.2 Å². The van der Waals surface area contributed by atoms with Gasteiger partial charge in [-0.1, -0.05) is 42.5 Å². The predicted molar refractivity (Wildman–Crippen MR) is 95.5 cm³/mol. The van der Waals surface area contributed by atoms with Crippen LogP contribution >= 0.6 is 0 Å². The maximum Gasteiger partial charge on any atom is 0.291 e. The Morgan fingerprint density at radius 3 is 2.25 bits per heavy atom. The number of rotatable bonds is 5. The van der Waals surface area contributed by atoms with Gasteiger partial charge in [0.25, 0.3) is 5.09 Å². The third-order valence-electron chi connectivity index (χ3n) is 3.56. The van der Waals surface area contributed by atoms with Crippen LogP contribution in [0.1, 0.15) is 17.4 Å². The maximum absolute atomic E-state index is 15.0. The number of hydrogen-bond acceptors (Lipinski definition) is 5. The zero-order valence-corrected chi connectivity index (χ0v) is 14.6. The number of aromatic nitrogens is 3. The molecule has 0 aliphatic rings. The highest BCUT2D eigenvalue weighted by atomic mass is 19.2. The third kappa shape index (κ3) is 5.34. The summed E-state index contributed by atoms with van der Waals surface area (Å²) in [5.74, 6) is -0.295. The molecule has 1 unspecified atom stereocenters. The fourth-order valence-electron chi connectivity index (χ4n) is 2.37. The molecule has 0 aliphatic carbocycles. The predicted octanol–water partition coefficient (Wildman–Crippen LogP) is 3.84. The molecular weight excluding hydrogens is 374 g/mol. The van der Waals surface area contributed by atoms with Crippen molar-refractivity contribution in [1.29, 1.82) is 0 Å². The molecule has 2 aromatic carbocycles. The number of nitrogens with zero attached hydrogens (tertiary/aromatic N) is 4. The highest BCUT2D eigenvalue weighted by Crippen LogP contribution is 2.34.